The predicted octanol–water partition coefficient (Wildman–Crippen LogP) is 3.43. The summed E-state index contributed by atoms with van der Waals surface area (Å²) >= 11 is 7.37. The van der Waals surface area contributed by atoms with Gasteiger partial charge in [0.2, 0.25) is 5.91 Å². The van der Waals surface area contributed by atoms with Crippen LogP contribution >= 0.6 is 23.4 Å². The van der Waals surface area contributed by atoms with E-state index in [0.717, 1.165) is 4.90 Å². The molecule has 0 aromatic heterocycles. The van der Waals surface area contributed by atoms with E-state index in [-0.39, 0.29) is 11.8 Å². The Morgan fingerprint density at radius 1 is 1.04 bits per heavy atom. The molecule has 1 fully saturated rings. The van der Waals surface area contributed by atoms with Gasteiger partial charge >= 0.3 is 0 Å². The van der Waals surface area contributed by atoms with Crippen molar-refractivity contribution in [3.63, 3.8) is 0 Å². The first kappa shape index (κ1) is 19.6. The molecule has 0 saturated carbocycles. The number of thioether (sulfide) groups is 1. The molecule has 2 aromatic carbocycles. The van der Waals surface area contributed by atoms with Gasteiger partial charge in [0.05, 0.1) is 12.9 Å². The lowest BCUT2D eigenvalue weighted by Gasteiger charge is -2.34. The summed E-state index contributed by atoms with van der Waals surface area (Å²) in [5.41, 5.74) is 0.604. The number of methoxy groups -OCH3 is 1. The summed E-state index contributed by atoms with van der Waals surface area (Å²) < 4.78 is 5.18. The molecule has 1 saturated heterocycles. The van der Waals surface area contributed by atoms with Crippen LogP contribution in [0.25, 0.3) is 0 Å². The van der Waals surface area contributed by atoms with Crippen LogP contribution in [0.2, 0.25) is 5.02 Å². The summed E-state index contributed by atoms with van der Waals surface area (Å²) in [6.45, 7) is 2.17. The molecule has 1 heterocycles. The topological polar surface area (TPSA) is 49.9 Å². The lowest BCUT2D eigenvalue weighted by atomic mass is 10.1. The Bertz CT molecular complexity index is 805. The second-order valence-corrected chi connectivity index (χ2v) is 7.63. The number of hydrogen-bond acceptors (Lipinski definition) is 4. The first-order chi connectivity index (χ1) is 13.1. The van der Waals surface area contributed by atoms with Crippen molar-refractivity contribution < 1.29 is 14.3 Å². The molecule has 0 unspecified atom stereocenters. The van der Waals surface area contributed by atoms with Crippen molar-refractivity contribution in [2.45, 2.75) is 4.90 Å². The quantitative estimate of drug-likeness (QED) is 0.716. The van der Waals surface area contributed by atoms with E-state index in [0.29, 0.717) is 48.3 Å². The standard InChI is InChI=1S/C20H21ClN2O3S/c1-26-17-4-2-3-15(13-17)20(25)23-11-9-22(10-12-23)19(24)14-27-18-7-5-16(21)6-8-18/h2-8,13H,9-12,14H2,1H3. The molecule has 0 atom stereocenters. The highest BCUT2D eigenvalue weighted by molar-refractivity contribution is 8.00. The number of amides is 2. The molecule has 7 heteroatoms. The maximum absolute atomic E-state index is 12.6. The SMILES string of the molecule is COc1cccc(C(=O)N2CCN(C(=O)CSc3ccc(Cl)cc3)CC2)c1. The van der Waals surface area contributed by atoms with Gasteiger partial charge in [-0.15, -0.1) is 11.8 Å². The highest BCUT2D eigenvalue weighted by atomic mass is 35.5. The lowest BCUT2D eigenvalue weighted by Crippen LogP contribution is -2.51. The van der Waals surface area contributed by atoms with Gasteiger partial charge in [0.25, 0.3) is 5.91 Å². The summed E-state index contributed by atoms with van der Waals surface area (Å²) in [5.74, 6) is 1.10. The van der Waals surface area contributed by atoms with E-state index in [1.165, 1.54) is 11.8 Å². The molecule has 2 aromatic rings. The van der Waals surface area contributed by atoms with Gasteiger partial charge in [-0.3, -0.25) is 9.59 Å². The highest BCUT2D eigenvalue weighted by Crippen LogP contribution is 2.21. The molecule has 3 rings (SSSR count). The number of piperazine rings is 1. The first-order valence-electron chi connectivity index (χ1n) is 8.66. The minimum absolute atomic E-state index is 0.0310. The van der Waals surface area contributed by atoms with Crippen molar-refractivity contribution in [3.8, 4) is 5.75 Å². The first-order valence-corrected chi connectivity index (χ1v) is 10.0. The van der Waals surface area contributed by atoms with E-state index in [1.54, 1.807) is 30.2 Å². The zero-order valence-corrected chi connectivity index (χ0v) is 16.6. The van der Waals surface area contributed by atoms with Gasteiger partial charge < -0.3 is 14.5 Å². The Hall–Kier alpha value is -2.18. The van der Waals surface area contributed by atoms with Crippen LogP contribution in [0.4, 0.5) is 0 Å². The van der Waals surface area contributed by atoms with Crippen LogP contribution in [0.1, 0.15) is 10.4 Å². The molecule has 27 heavy (non-hydrogen) atoms. The number of halogens is 1. The van der Waals surface area contributed by atoms with Crippen LogP contribution in [0.15, 0.2) is 53.4 Å². The van der Waals surface area contributed by atoms with Gasteiger partial charge in [0.15, 0.2) is 0 Å². The predicted molar refractivity (Wildman–Crippen MR) is 108 cm³/mol. The summed E-state index contributed by atoms with van der Waals surface area (Å²) in [6.07, 6.45) is 0. The Morgan fingerprint density at radius 3 is 2.37 bits per heavy atom. The van der Waals surface area contributed by atoms with Gasteiger partial charge in [-0.05, 0) is 42.5 Å². The smallest absolute Gasteiger partial charge is 0.254 e. The molecule has 5 nitrogen and oxygen atoms in total. The van der Waals surface area contributed by atoms with Crippen molar-refractivity contribution in [2.75, 3.05) is 39.0 Å². The average Bonchev–Trinajstić information content (AvgIpc) is 2.72. The third-order valence-electron chi connectivity index (χ3n) is 4.41. The van der Waals surface area contributed by atoms with Crippen LogP contribution < -0.4 is 4.74 Å². The molecule has 1 aliphatic heterocycles. The van der Waals surface area contributed by atoms with Crippen LogP contribution in [0, 0.1) is 0 Å². The number of carbonyl (C=O) groups excluding carboxylic acids is 2. The van der Waals surface area contributed by atoms with E-state index in [4.69, 9.17) is 16.3 Å². The fraction of sp³-hybridized carbons (Fsp3) is 0.300. The molecule has 0 radical (unpaired) electrons. The van der Waals surface area contributed by atoms with Crippen molar-refractivity contribution >= 4 is 35.2 Å². The summed E-state index contributed by atoms with van der Waals surface area (Å²) in [4.78, 5) is 29.7. The summed E-state index contributed by atoms with van der Waals surface area (Å²) in [6, 6.07) is 14.6. The van der Waals surface area contributed by atoms with Gasteiger partial charge in [0, 0.05) is 41.7 Å². The van der Waals surface area contributed by atoms with Crippen LogP contribution in [-0.4, -0.2) is 60.7 Å². The van der Waals surface area contributed by atoms with Crippen LogP contribution in [0.3, 0.4) is 0 Å². The molecule has 0 spiro atoms. The van der Waals surface area contributed by atoms with E-state index in [9.17, 15) is 9.59 Å². The van der Waals surface area contributed by atoms with E-state index in [1.807, 2.05) is 35.2 Å². The van der Waals surface area contributed by atoms with Crippen LogP contribution in [-0.2, 0) is 4.79 Å². The van der Waals surface area contributed by atoms with Crippen molar-refractivity contribution in [1.82, 2.24) is 9.80 Å². The van der Waals surface area contributed by atoms with Crippen LogP contribution in [0.5, 0.6) is 5.75 Å². The zero-order chi connectivity index (χ0) is 19.2. The molecule has 2 amide bonds. The van der Waals surface area contributed by atoms with Crippen molar-refractivity contribution in [3.05, 3.63) is 59.1 Å². The highest BCUT2D eigenvalue weighted by Gasteiger charge is 2.25. The molecule has 0 N–H and O–H groups in total. The number of nitrogens with zero attached hydrogens (tertiary/aromatic N) is 2. The van der Waals surface area contributed by atoms with E-state index in [2.05, 4.69) is 0 Å². The minimum atomic E-state index is -0.0310. The fourth-order valence-corrected chi connectivity index (χ4v) is 3.79. The largest absolute Gasteiger partial charge is 0.497 e. The molecule has 142 valence electrons. The molecule has 0 aliphatic carbocycles. The van der Waals surface area contributed by atoms with Gasteiger partial charge in [0.1, 0.15) is 5.75 Å². The Balaban J connectivity index is 1.49. The number of hydrogen-bond donors (Lipinski definition) is 0. The Labute approximate surface area is 168 Å². The number of carbonyl (C=O) groups is 2. The number of rotatable bonds is 5. The molecule has 0 bridgehead atoms. The fourth-order valence-electron chi connectivity index (χ4n) is 2.86. The third-order valence-corrected chi connectivity index (χ3v) is 5.66. The molecular weight excluding hydrogens is 384 g/mol. The van der Waals surface area contributed by atoms with Gasteiger partial charge in [-0.25, -0.2) is 0 Å². The maximum Gasteiger partial charge on any atom is 0.254 e. The second-order valence-electron chi connectivity index (χ2n) is 6.15. The summed E-state index contributed by atoms with van der Waals surface area (Å²) in [5, 5.41) is 0.683. The monoisotopic (exact) mass is 404 g/mol. The molecule has 1 aliphatic rings. The minimum Gasteiger partial charge on any atom is -0.497 e. The van der Waals surface area contributed by atoms with Crippen molar-refractivity contribution in [2.24, 2.45) is 0 Å². The Morgan fingerprint density at radius 2 is 1.70 bits per heavy atom. The maximum atomic E-state index is 12.6. The number of benzene rings is 2. The third kappa shape index (κ3) is 5.17. The second kappa shape index (κ2) is 9.15. The normalized spacial score (nSPS) is 14.1. The summed E-state index contributed by atoms with van der Waals surface area (Å²) in [7, 11) is 1.58. The Kier molecular flexibility index (Phi) is 6.63. The van der Waals surface area contributed by atoms with E-state index >= 15 is 0 Å². The van der Waals surface area contributed by atoms with Gasteiger partial charge in [-0.1, -0.05) is 17.7 Å². The van der Waals surface area contributed by atoms with Crippen molar-refractivity contribution in [1.29, 1.82) is 0 Å². The zero-order valence-electron chi connectivity index (χ0n) is 15.1. The number of ether oxygens (including phenoxy) is 1. The van der Waals surface area contributed by atoms with Gasteiger partial charge in [-0.2, -0.15) is 0 Å². The average molecular weight is 405 g/mol. The van der Waals surface area contributed by atoms with E-state index < -0.39 is 0 Å². The lowest BCUT2D eigenvalue weighted by molar-refractivity contribution is -0.129. The molecular formula is C20H21ClN2O3S.